The Morgan fingerprint density at radius 3 is 2.82 bits per heavy atom. The Hall–Kier alpha value is -1.73. The summed E-state index contributed by atoms with van der Waals surface area (Å²) >= 11 is 0. The third-order valence-electron chi connectivity index (χ3n) is 3.58. The number of rotatable bonds is 4. The zero-order valence-corrected chi connectivity index (χ0v) is 12.4. The van der Waals surface area contributed by atoms with Crippen LogP contribution in [0, 0.1) is 11.6 Å². The highest BCUT2D eigenvalue weighted by atomic mass is 19.1. The number of halogens is 2. The number of benzene rings is 1. The van der Waals surface area contributed by atoms with E-state index in [9.17, 15) is 18.7 Å². The number of amides is 2. The maximum absolute atomic E-state index is 13.5. The van der Waals surface area contributed by atoms with E-state index >= 15 is 0 Å². The lowest BCUT2D eigenvalue weighted by atomic mass is 10.1. The molecule has 2 rings (SSSR count). The van der Waals surface area contributed by atoms with Crippen LogP contribution < -0.4 is 5.32 Å². The molecule has 5 nitrogen and oxygen atoms in total. The topological polar surface area (TPSA) is 61.8 Å². The first-order chi connectivity index (χ1) is 10.5. The van der Waals surface area contributed by atoms with Crippen molar-refractivity contribution in [3.05, 3.63) is 35.4 Å². The number of urea groups is 1. The second-order valence-corrected chi connectivity index (χ2v) is 5.37. The SMILES string of the molecule is C[C@@H](O)C[C@@H]1COCCN1C(=O)NCc1c(F)cccc1F. The highest BCUT2D eigenvalue weighted by molar-refractivity contribution is 5.74. The summed E-state index contributed by atoms with van der Waals surface area (Å²) in [6.07, 6.45) is -0.174. The Bertz CT molecular complexity index is 505. The second-order valence-electron chi connectivity index (χ2n) is 5.37. The molecule has 1 saturated heterocycles. The summed E-state index contributed by atoms with van der Waals surface area (Å²) in [5.41, 5.74) is -0.170. The van der Waals surface area contributed by atoms with Gasteiger partial charge in [-0.2, -0.15) is 0 Å². The molecule has 1 aliphatic rings. The largest absolute Gasteiger partial charge is 0.393 e. The summed E-state index contributed by atoms with van der Waals surface area (Å²) < 4.78 is 32.4. The predicted molar refractivity (Wildman–Crippen MR) is 76.2 cm³/mol. The zero-order valence-electron chi connectivity index (χ0n) is 12.4. The minimum Gasteiger partial charge on any atom is -0.393 e. The van der Waals surface area contributed by atoms with E-state index in [2.05, 4.69) is 5.32 Å². The lowest BCUT2D eigenvalue weighted by Crippen LogP contribution is -2.53. The van der Waals surface area contributed by atoms with Gasteiger partial charge in [0.15, 0.2) is 0 Å². The van der Waals surface area contributed by atoms with Gasteiger partial charge in [-0.25, -0.2) is 13.6 Å². The molecule has 2 amide bonds. The van der Waals surface area contributed by atoms with Crippen LogP contribution in [0.25, 0.3) is 0 Å². The minimum atomic E-state index is -0.692. The molecule has 0 aromatic heterocycles. The molecule has 1 heterocycles. The van der Waals surface area contributed by atoms with Crippen molar-refractivity contribution in [3.63, 3.8) is 0 Å². The summed E-state index contributed by atoms with van der Waals surface area (Å²) in [5, 5.41) is 12.0. The van der Waals surface area contributed by atoms with Gasteiger partial charge >= 0.3 is 6.03 Å². The molecular formula is C15H20F2N2O3. The van der Waals surface area contributed by atoms with Crippen LogP contribution in [0.2, 0.25) is 0 Å². The Balaban J connectivity index is 1.98. The molecule has 0 radical (unpaired) electrons. The first-order valence-electron chi connectivity index (χ1n) is 7.22. The van der Waals surface area contributed by atoms with Crippen molar-refractivity contribution in [3.8, 4) is 0 Å². The molecule has 0 aliphatic carbocycles. The van der Waals surface area contributed by atoms with Gasteiger partial charge in [0, 0.05) is 12.1 Å². The van der Waals surface area contributed by atoms with Crippen LogP contribution >= 0.6 is 0 Å². The zero-order chi connectivity index (χ0) is 16.1. The molecular weight excluding hydrogens is 294 g/mol. The van der Waals surface area contributed by atoms with Crippen molar-refractivity contribution < 1.29 is 23.4 Å². The van der Waals surface area contributed by atoms with Gasteiger partial charge in [0.2, 0.25) is 0 Å². The van der Waals surface area contributed by atoms with E-state index in [1.165, 1.54) is 11.0 Å². The van der Waals surface area contributed by atoms with Crippen LogP contribution in [0.4, 0.5) is 13.6 Å². The van der Waals surface area contributed by atoms with E-state index in [1.54, 1.807) is 6.92 Å². The number of carbonyl (C=O) groups is 1. The number of morpholine rings is 1. The smallest absolute Gasteiger partial charge is 0.318 e. The summed E-state index contributed by atoms with van der Waals surface area (Å²) in [7, 11) is 0. The van der Waals surface area contributed by atoms with Crippen LogP contribution in [-0.2, 0) is 11.3 Å². The molecule has 0 unspecified atom stereocenters. The van der Waals surface area contributed by atoms with Gasteiger partial charge in [-0.15, -0.1) is 0 Å². The van der Waals surface area contributed by atoms with Crippen LogP contribution in [0.3, 0.4) is 0 Å². The third-order valence-corrected chi connectivity index (χ3v) is 3.58. The van der Waals surface area contributed by atoms with Crippen LogP contribution in [0.15, 0.2) is 18.2 Å². The van der Waals surface area contributed by atoms with Gasteiger partial charge < -0.3 is 20.1 Å². The van der Waals surface area contributed by atoms with Crippen LogP contribution in [0.5, 0.6) is 0 Å². The molecule has 1 fully saturated rings. The van der Waals surface area contributed by atoms with Crippen molar-refractivity contribution in [2.45, 2.75) is 32.0 Å². The lowest BCUT2D eigenvalue weighted by Gasteiger charge is -2.36. The average Bonchev–Trinajstić information content (AvgIpc) is 2.46. The summed E-state index contributed by atoms with van der Waals surface area (Å²) in [6, 6.07) is 2.90. The predicted octanol–water partition coefficient (Wildman–Crippen LogP) is 1.65. The quantitative estimate of drug-likeness (QED) is 0.888. The molecule has 0 saturated carbocycles. The number of hydrogen-bond donors (Lipinski definition) is 2. The van der Waals surface area contributed by atoms with Crippen molar-refractivity contribution in [2.75, 3.05) is 19.8 Å². The molecule has 22 heavy (non-hydrogen) atoms. The van der Waals surface area contributed by atoms with Gasteiger partial charge in [-0.1, -0.05) is 6.07 Å². The number of hydrogen-bond acceptors (Lipinski definition) is 3. The number of nitrogens with zero attached hydrogens (tertiary/aromatic N) is 1. The summed E-state index contributed by atoms with van der Waals surface area (Å²) in [6.45, 7) is 2.53. The van der Waals surface area contributed by atoms with Crippen molar-refractivity contribution >= 4 is 6.03 Å². The van der Waals surface area contributed by atoms with E-state index in [1.807, 2.05) is 0 Å². The van der Waals surface area contributed by atoms with Crippen LogP contribution in [0.1, 0.15) is 18.9 Å². The van der Waals surface area contributed by atoms with E-state index in [0.29, 0.717) is 26.2 Å². The average molecular weight is 314 g/mol. The van der Waals surface area contributed by atoms with Gasteiger partial charge in [-0.05, 0) is 25.5 Å². The highest BCUT2D eigenvalue weighted by Gasteiger charge is 2.28. The minimum absolute atomic E-state index is 0.170. The first-order valence-corrected chi connectivity index (χ1v) is 7.22. The summed E-state index contributed by atoms with van der Waals surface area (Å²) in [5.74, 6) is -1.38. The number of nitrogens with one attached hydrogen (secondary N) is 1. The fourth-order valence-corrected chi connectivity index (χ4v) is 2.48. The van der Waals surface area contributed by atoms with E-state index in [0.717, 1.165) is 12.1 Å². The molecule has 2 atom stereocenters. The number of carbonyl (C=O) groups excluding carboxylic acids is 1. The molecule has 7 heteroatoms. The first kappa shape index (κ1) is 16.6. The number of ether oxygens (including phenoxy) is 1. The Morgan fingerprint density at radius 2 is 2.18 bits per heavy atom. The lowest BCUT2D eigenvalue weighted by molar-refractivity contribution is -0.00439. The maximum Gasteiger partial charge on any atom is 0.318 e. The molecule has 2 N–H and O–H groups in total. The number of aliphatic hydroxyl groups excluding tert-OH is 1. The Labute approximate surface area is 127 Å². The molecule has 0 spiro atoms. The highest BCUT2D eigenvalue weighted by Crippen LogP contribution is 2.15. The normalized spacial score (nSPS) is 19.8. The maximum atomic E-state index is 13.5. The van der Waals surface area contributed by atoms with Crippen molar-refractivity contribution in [1.29, 1.82) is 0 Å². The third kappa shape index (κ3) is 4.14. The molecule has 1 aromatic rings. The molecule has 1 aromatic carbocycles. The van der Waals surface area contributed by atoms with Crippen LogP contribution in [-0.4, -0.2) is 47.9 Å². The van der Waals surface area contributed by atoms with Crippen molar-refractivity contribution in [1.82, 2.24) is 10.2 Å². The Kier molecular flexibility index (Phi) is 5.68. The van der Waals surface area contributed by atoms with Crippen molar-refractivity contribution in [2.24, 2.45) is 0 Å². The van der Waals surface area contributed by atoms with E-state index in [-0.39, 0.29) is 18.2 Å². The molecule has 122 valence electrons. The standard InChI is InChI=1S/C15H20F2N2O3/c1-10(20)7-11-9-22-6-5-19(11)15(21)18-8-12-13(16)3-2-4-14(12)17/h2-4,10-11,20H,5-9H2,1H3,(H,18,21)/t10-,11-/m1/s1. The van der Waals surface area contributed by atoms with Gasteiger partial charge in [0.05, 0.1) is 31.9 Å². The van der Waals surface area contributed by atoms with Gasteiger partial charge in [-0.3, -0.25) is 0 Å². The molecule has 1 aliphatic heterocycles. The van der Waals surface area contributed by atoms with Gasteiger partial charge in [0.25, 0.3) is 0 Å². The Morgan fingerprint density at radius 1 is 1.50 bits per heavy atom. The van der Waals surface area contributed by atoms with E-state index < -0.39 is 23.8 Å². The fourth-order valence-electron chi connectivity index (χ4n) is 2.48. The second kappa shape index (κ2) is 7.51. The summed E-state index contributed by atoms with van der Waals surface area (Å²) in [4.78, 5) is 13.8. The van der Waals surface area contributed by atoms with Gasteiger partial charge in [0.1, 0.15) is 11.6 Å². The van der Waals surface area contributed by atoms with E-state index in [4.69, 9.17) is 4.74 Å². The number of aliphatic hydroxyl groups is 1. The fraction of sp³-hybridized carbons (Fsp3) is 0.533. The monoisotopic (exact) mass is 314 g/mol. The molecule has 0 bridgehead atoms.